The lowest BCUT2D eigenvalue weighted by molar-refractivity contribution is -0.128. The van der Waals surface area contributed by atoms with Crippen molar-refractivity contribution in [3.8, 4) is 6.07 Å². The molecule has 0 aliphatic heterocycles. The summed E-state index contributed by atoms with van der Waals surface area (Å²) in [7, 11) is 3.26. The van der Waals surface area contributed by atoms with Gasteiger partial charge in [0.2, 0.25) is 5.91 Å². The van der Waals surface area contributed by atoms with Gasteiger partial charge in [0.1, 0.15) is 6.04 Å². The Morgan fingerprint density at radius 1 is 1.58 bits per heavy atom. The van der Waals surface area contributed by atoms with E-state index in [1.54, 1.807) is 20.2 Å². The second-order valence-electron chi connectivity index (χ2n) is 2.23. The molecule has 1 amide bonds. The van der Waals surface area contributed by atoms with Crippen LogP contribution in [0, 0.1) is 11.3 Å². The summed E-state index contributed by atoms with van der Waals surface area (Å²) in [6.07, 6.45) is 0.101. The second-order valence-corrected chi connectivity index (χ2v) is 2.23. The van der Waals surface area contributed by atoms with Crippen molar-refractivity contribution in [3.63, 3.8) is 0 Å². The van der Waals surface area contributed by atoms with Crippen molar-refractivity contribution in [2.75, 3.05) is 14.1 Å². The lowest BCUT2D eigenvalue weighted by atomic mass is 10.2. The highest BCUT2D eigenvalue weighted by atomic mass is 16.2. The van der Waals surface area contributed by atoms with Crippen LogP contribution >= 0.6 is 0 Å². The normalized spacial score (nSPS) is 10.3. The van der Waals surface area contributed by atoms with Crippen LogP contribution in [0.25, 0.3) is 0 Å². The zero-order chi connectivity index (χ0) is 10.1. The van der Waals surface area contributed by atoms with Gasteiger partial charge in [-0.05, 0) is 0 Å². The van der Waals surface area contributed by atoms with E-state index in [0.29, 0.717) is 0 Å². The summed E-state index contributed by atoms with van der Waals surface area (Å²) < 4.78 is 0. The molecule has 1 atom stereocenters. The second kappa shape index (κ2) is 8.02. The molecule has 0 aromatic rings. The molecule has 0 aromatic heterocycles. The van der Waals surface area contributed by atoms with Gasteiger partial charge in [-0.1, -0.05) is 13.8 Å². The molecule has 2 N–H and O–H groups in total. The Morgan fingerprint density at radius 2 is 2.00 bits per heavy atom. The molecule has 1 unspecified atom stereocenters. The summed E-state index contributed by atoms with van der Waals surface area (Å²) in [5, 5.41) is 8.22. The molecule has 0 saturated heterocycles. The van der Waals surface area contributed by atoms with Crippen LogP contribution in [-0.2, 0) is 4.79 Å². The fourth-order valence-electron chi connectivity index (χ4n) is 0.416. The largest absolute Gasteiger partial charge is 0.349 e. The SMILES string of the molecule is CC.CN(C)C(=O)CC(N)C#N. The van der Waals surface area contributed by atoms with Gasteiger partial charge in [-0.25, -0.2) is 0 Å². The number of nitrogens with two attached hydrogens (primary N) is 1. The first-order valence-corrected chi connectivity index (χ1v) is 3.93. The third-order valence-electron chi connectivity index (χ3n) is 1.06. The molecule has 0 aliphatic rings. The number of nitrogens with zero attached hydrogens (tertiary/aromatic N) is 2. The molecule has 0 rings (SSSR count). The summed E-state index contributed by atoms with van der Waals surface area (Å²) in [6, 6.07) is 1.11. The van der Waals surface area contributed by atoms with E-state index in [4.69, 9.17) is 11.0 Å². The van der Waals surface area contributed by atoms with Crippen molar-refractivity contribution in [2.24, 2.45) is 5.73 Å². The van der Waals surface area contributed by atoms with E-state index in [0.717, 1.165) is 0 Å². The average molecular weight is 171 g/mol. The van der Waals surface area contributed by atoms with Crippen LogP contribution in [0.3, 0.4) is 0 Å². The first-order chi connectivity index (χ1) is 5.57. The maximum absolute atomic E-state index is 10.8. The molecule has 0 aromatic carbocycles. The van der Waals surface area contributed by atoms with Gasteiger partial charge in [0, 0.05) is 14.1 Å². The molecule has 0 fully saturated rings. The summed E-state index contributed by atoms with van der Waals surface area (Å²) in [5.74, 6) is -0.117. The molecular formula is C8H17N3O. The molecule has 0 aliphatic carbocycles. The number of hydrogen-bond acceptors (Lipinski definition) is 3. The Labute approximate surface area is 74.0 Å². The molecule has 0 heterocycles. The lowest BCUT2D eigenvalue weighted by Gasteiger charge is -2.09. The standard InChI is InChI=1S/C6H11N3O.C2H6/c1-9(2)6(10)3-5(8)4-7;1-2/h5H,3,8H2,1-2H3;1-2H3. The fraction of sp³-hybridized carbons (Fsp3) is 0.750. The molecular weight excluding hydrogens is 154 g/mol. The van der Waals surface area contributed by atoms with Crippen LogP contribution in [0.4, 0.5) is 0 Å². The number of carbonyl (C=O) groups is 1. The first-order valence-electron chi connectivity index (χ1n) is 3.93. The predicted molar refractivity (Wildman–Crippen MR) is 48.2 cm³/mol. The van der Waals surface area contributed by atoms with Gasteiger partial charge in [-0.3, -0.25) is 4.79 Å². The minimum Gasteiger partial charge on any atom is -0.349 e. The Bertz CT molecular complexity index is 160. The Morgan fingerprint density at radius 3 is 2.25 bits per heavy atom. The summed E-state index contributed by atoms with van der Waals surface area (Å²) in [5.41, 5.74) is 5.20. The smallest absolute Gasteiger partial charge is 0.224 e. The van der Waals surface area contributed by atoms with Gasteiger partial charge in [-0.15, -0.1) is 0 Å². The van der Waals surface area contributed by atoms with Gasteiger partial charge < -0.3 is 10.6 Å². The third-order valence-corrected chi connectivity index (χ3v) is 1.06. The van der Waals surface area contributed by atoms with Crippen LogP contribution in [0.15, 0.2) is 0 Å². The van der Waals surface area contributed by atoms with Gasteiger partial charge in [0.25, 0.3) is 0 Å². The Kier molecular flexibility index (Phi) is 9.03. The summed E-state index contributed by atoms with van der Waals surface area (Å²) in [6.45, 7) is 4.00. The van der Waals surface area contributed by atoms with Crippen molar-refractivity contribution >= 4 is 5.91 Å². The van der Waals surface area contributed by atoms with E-state index >= 15 is 0 Å². The van der Waals surface area contributed by atoms with E-state index in [1.807, 2.05) is 13.8 Å². The monoisotopic (exact) mass is 171 g/mol. The average Bonchev–Trinajstić information content (AvgIpc) is 2.07. The Hall–Kier alpha value is -1.08. The molecule has 70 valence electrons. The van der Waals surface area contributed by atoms with Crippen molar-refractivity contribution in [1.29, 1.82) is 5.26 Å². The van der Waals surface area contributed by atoms with Crippen molar-refractivity contribution < 1.29 is 4.79 Å². The maximum atomic E-state index is 10.8. The fourth-order valence-corrected chi connectivity index (χ4v) is 0.416. The molecule has 0 radical (unpaired) electrons. The number of amides is 1. The van der Waals surface area contributed by atoms with Gasteiger partial charge >= 0.3 is 0 Å². The van der Waals surface area contributed by atoms with Gasteiger partial charge in [0.15, 0.2) is 0 Å². The zero-order valence-electron chi connectivity index (χ0n) is 8.16. The van der Waals surface area contributed by atoms with Crippen molar-refractivity contribution in [2.45, 2.75) is 26.3 Å². The summed E-state index contributed by atoms with van der Waals surface area (Å²) in [4.78, 5) is 12.2. The number of rotatable bonds is 2. The maximum Gasteiger partial charge on any atom is 0.224 e. The molecule has 4 heteroatoms. The highest BCUT2D eigenvalue weighted by Gasteiger charge is 2.08. The van der Waals surface area contributed by atoms with Crippen LogP contribution in [0.5, 0.6) is 0 Å². The molecule has 0 spiro atoms. The van der Waals surface area contributed by atoms with Gasteiger partial charge in [-0.2, -0.15) is 5.26 Å². The number of nitriles is 1. The highest BCUT2D eigenvalue weighted by molar-refractivity contribution is 5.76. The van der Waals surface area contributed by atoms with Gasteiger partial charge in [0.05, 0.1) is 12.5 Å². The lowest BCUT2D eigenvalue weighted by Crippen LogP contribution is -2.29. The minimum absolute atomic E-state index is 0.101. The first kappa shape index (κ1) is 13.5. The molecule has 0 bridgehead atoms. The van der Waals surface area contributed by atoms with E-state index in [-0.39, 0.29) is 12.3 Å². The van der Waals surface area contributed by atoms with E-state index < -0.39 is 6.04 Å². The van der Waals surface area contributed by atoms with Crippen LogP contribution in [0.1, 0.15) is 20.3 Å². The molecule has 0 saturated carbocycles. The van der Waals surface area contributed by atoms with E-state index in [1.165, 1.54) is 4.90 Å². The van der Waals surface area contributed by atoms with E-state index in [2.05, 4.69) is 0 Å². The van der Waals surface area contributed by atoms with Crippen molar-refractivity contribution in [1.82, 2.24) is 4.90 Å². The number of carbonyl (C=O) groups excluding carboxylic acids is 1. The van der Waals surface area contributed by atoms with Crippen LogP contribution in [0.2, 0.25) is 0 Å². The Balaban J connectivity index is 0. The summed E-state index contributed by atoms with van der Waals surface area (Å²) >= 11 is 0. The van der Waals surface area contributed by atoms with E-state index in [9.17, 15) is 4.79 Å². The minimum atomic E-state index is -0.671. The van der Waals surface area contributed by atoms with Crippen LogP contribution < -0.4 is 5.73 Å². The zero-order valence-corrected chi connectivity index (χ0v) is 8.16. The topological polar surface area (TPSA) is 70.1 Å². The van der Waals surface area contributed by atoms with Crippen molar-refractivity contribution in [3.05, 3.63) is 0 Å². The predicted octanol–water partition coefficient (Wildman–Crippen LogP) is 0.342. The molecule has 4 nitrogen and oxygen atoms in total. The molecule has 12 heavy (non-hydrogen) atoms. The highest BCUT2D eigenvalue weighted by Crippen LogP contribution is 1.89. The van der Waals surface area contributed by atoms with Crippen LogP contribution in [-0.4, -0.2) is 30.9 Å². The number of hydrogen-bond donors (Lipinski definition) is 1. The quantitative estimate of drug-likeness (QED) is 0.651. The third kappa shape index (κ3) is 7.03.